The lowest BCUT2D eigenvalue weighted by molar-refractivity contribution is 0.0122. The van der Waals surface area contributed by atoms with E-state index in [0.717, 1.165) is 17.7 Å². The Bertz CT molecular complexity index is 395. The third-order valence-electron chi connectivity index (χ3n) is 3.45. The first-order valence-electron chi connectivity index (χ1n) is 6.22. The van der Waals surface area contributed by atoms with Gasteiger partial charge in [-0.2, -0.15) is 0 Å². The standard InChI is InChI=1S/C14H20O4/c1-16-11-4-5-13(17-2)12(10-11)14(15)6-3-8-18-9-7-14/h4-5,10,15H,3,6-9H2,1-2H3. The van der Waals surface area contributed by atoms with Gasteiger partial charge in [-0.25, -0.2) is 0 Å². The third-order valence-corrected chi connectivity index (χ3v) is 3.45. The number of rotatable bonds is 3. The van der Waals surface area contributed by atoms with Crippen LogP contribution in [0, 0.1) is 0 Å². The summed E-state index contributed by atoms with van der Waals surface area (Å²) in [4.78, 5) is 0. The fourth-order valence-corrected chi connectivity index (χ4v) is 2.38. The topological polar surface area (TPSA) is 47.9 Å². The molecule has 0 radical (unpaired) electrons. The second-order valence-electron chi connectivity index (χ2n) is 4.56. The zero-order valence-corrected chi connectivity index (χ0v) is 10.9. The van der Waals surface area contributed by atoms with Gasteiger partial charge in [-0.1, -0.05) is 0 Å². The predicted octanol–water partition coefficient (Wildman–Crippen LogP) is 2.09. The van der Waals surface area contributed by atoms with Crippen LogP contribution in [0.1, 0.15) is 24.8 Å². The maximum absolute atomic E-state index is 10.8. The maximum atomic E-state index is 10.8. The van der Waals surface area contributed by atoms with Crippen molar-refractivity contribution in [3.8, 4) is 11.5 Å². The van der Waals surface area contributed by atoms with Gasteiger partial charge in [0.05, 0.1) is 19.8 Å². The van der Waals surface area contributed by atoms with E-state index in [1.807, 2.05) is 18.2 Å². The SMILES string of the molecule is COc1ccc(OC)c(C2(O)CCCOCC2)c1. The van der Waals surface area contributed by atoms with Gasteiger partial charge in [0.15, 0.2) is 0 Å². The van der Waals surface area contributed by atoms with Gasteiger partial charge in [0, 0.05) is 25.2 Å². The van der Waals surface area contributed by atoms with E-state index in [-0.39, 0.29) is 0 Å². The Morgan fingerprint density at radius 1 is 1.17 bits per heavy atom. The van der Waals surface area contributed by atoms with E-state index >= 15 is 0 Å². The molecular weight excluding hydrogens is 232 g/mol. The van der Waals surface area contributed by atoms with E-state index in [1.54, 1.807) is 14.2 Å². The van der Waals surface area contributed by atoms with Crippen molar-refractivity contribution in [3.63, 3.8) is 0 Å². The Morgan fingerprint density at radius 2 is 2.00 bits per heavy atom. The smallest absolute Gasteiger partial charge is 0.125 e. The van der Waals surface area contributed by atoms with Crippen LogP contribution >= 0.6 is 0 Å². The Kier molecular flexibility index (Phi) is 4.09. The van der Waals surface area contributed by atoms with E-state index in [9.17, 15) is 5.11 Å². The number of aliphatic hydroxyl groups is 1. The molecule has 0 spiro atoms. The molecule has 1 saturated heterocycles. The first kappa shape index (κ1) is 13.2. The lowest BCUT2D eigenvalue weighted by Crippen LogP contribution is -2.26. The Balaban J connectivity index is 2.39. The van der Waals surface area contributed by atoms with Crippen LogP contribution < -0.4 is 9.47 Å². The van der Waals surface area contributed by atoms with Gasteiger partial charge in [0.25, 0.3) is 0 Å². The van der Waals surface area contributed by atoms with E-state index in [0.29, 0.717) is 31.8 Å². The molecule has 0 amide bonds. The molecule has 0 bridgehead atoms. The third kappa shape index (κ3) is 2.60. The molecule has 1 aliphatic rings. The van der Waals surface area contributed by atoms with E-state index in [2.05, 4.69) is 0 Å². The summed E-state index contributed by atoms with van der Waals surface area (Å²) < 4.78 is 16.0. The Morgan fingerprint density at radius 3 is 2.72 bits per heavy atom. The Labute approximate surface area is 107 Å². The molecule has 2 rings (SSSR count). The molecule has 100 valence electrons. The lowest BCUT2D eigenvalue weighted by Gasteiger charge is -2.28. The van der Waals surface area contributed by atoms with Crippen molar-refractivity contribution in [2.24, 2.45) is 0 Å². The highest BCUT2D eigenvalue weighted by atomic mass is 16.5. The molecule has 0 saturated carbocycles. The summed E-state index contributed by atoms with van der Waals surface area (Å²) in [5, 5.41) is 10.8. The van der Waals surface area contributed by atoms with Gasteiger partial charge < -0.3 is 19.3 Å². The fourth-order valence-electron chi connectivity index (χ4n) is 2.38. The van der Waals surface area contributed by atoms with Crippen LogP contribution in [-0.2, 0) is 10.3 Å². The van der Waals surface area contributed by atoms with Crippen LogP contribution in [0.5, 0.6) is 11.5 Å². The molecular formula is C14H20O4. The minimum atomic E-state index is -0.892. The van der Waals surface area contributed by atoms with Crippen LogP contribution in [-0.4, -0.2) is 32.5 Å². The van der Waals surface area contributed by atoms with Crippen molar-refractivity contribution in [2.45, 2.75) is 24.9 Å². The summed E-state index contributed by atoms with van der Waals surface area (Å²) in [6, 6.07) is 5.51. The van der Waals surface area contributed by atoms with Crippen molar-refractivity contribution in [1.29, 1.82) is 0 Å². The first-order chi connectivity index (χ1) is 8.69. The van der Waals surface area contributed by atoms with Crippen molar-refractivity contribution >= 4 is 0 Å². The van der Waals surface area contributed by atoms with E-state index in [1.165, 1.54) is 0 Å². The van der Waals surface area contributed by atoms with Gasteiger partial charge in [0.2, 0.25) is 0 Å². The average molecular weight is 252 g/mol. The molecule has 18 heavy (non-hydrogen) atoms. The zero-order chi connectivity index (χ0) is 13.0. The van der Waals surface area contributed by atoms with Crippen LogP contribution in [0.3, 0.4) is 0 Å². The molecule has 1 unspecified atom stereocenters. The van der Waals surface area contributed by atoms with E-state index in [4.69, 9.17) is 14.2 Å². The summed E-state index contributed by atoms with van der Waals surface area (Å²) in [7, 11) is 3.23. The largest absolute Gasteiger partial charge is 0.497 e. The highest BCUT2D eigenvalue weighted by molar-refractivity contribution is 5.43. The van der Waals surface area contributed by atoms with Crippen LogP contribution in [0.4, 0.5) is 0 Å². The molecule has 1 N–H and O–H groups in total. The quantitative estimate of drug-likeness (QED) is 0.895. The number of ether oxygens (including phenoxy) is 3. The normalized spacial score (nSPS) is 24.4. The summed E-state index contributed by atoms with van der Waals surface area (Å²) in [6.07, 6.45) is 2.10. The fraction of sp³-hybridized carbons (Fsp3) is 0.571. The minimum absolute atomic E-state index is 0.566. The molecule has 1 aromatic carbocycles. The summed E-state index contributed by atoms with van der Waals surface area (Å²) in [5.74, 6) is 1.42. The number of hydrogen-bond donors (Lipinski definition) is 1. The second-order valence-corrected chi connectivity index (χ2v) is 4.56. The first-order valence-corrected chi connectivity index (χ1v) is 6.22. The monoisotopic (exact) mass is 252 g/mol. The van der Waals surface area contributed by atoms with Gasteiger partial charge in [0.1, 0.15) is 11.5 Å². The maximum Gasteiger partial charge on any atom is 0.125 e. The number of hydrogen-bond acceptors (Lipinski definition) is 4. The molecule has 1 heterocycles. The van der Waals surface area contributed by atoms with Crippen LogP contribution in [0.2, 0.25) is 0 Å². The van der Waals surface area contributed by atoms with Crippen molar-refractivity contribution < 1.29 is 19.3 Å². The second kappa shape index (κ2) is 5.59. The van der Waals surface area contributed by atoms with Crippen molar-refractivity contribution in [3.05, 3.63) is 23.8 Å². The highest BCUT2D eigenvalue weighted by Gasteiger charge is 2.33. The average Bonchev–Trinajstić information content (AvgIpc) is 2.64. The number of methoxy groups -OCH3 is 2. The summed E-state index contributed by atoms with van der Waals surface area (Å²) in [6.45, 7) is 1.27. The van der Waals surface area contributed by atoms with Crippen LogP contribution in [0.15, 0.2) is 18.2 Å². The molecule has 1 aromatic rings. The van der Waals surface area contributed by atoms with Crippen LogP contribution in [0.25, 0.3) is 0 Å². The van der Waals surface area contributed by atoms with Gasteiger partial charge >= 0.3 is 0 Å². The Hall–Kier alpha value is -1.26. The number of benzene rings is 1. The van der Waals surface area contributed by atoms with Crippen molar-refractivity contribution in [1.82, 2.24) is 0 Å². The predicted molar refractivity (Wildman–Crippen MR) is 68.1 cm³/mol. The summed E-state index contributed by atoms with van der Waals surface area (Å²) in [5.41, 5.74) is -0.106. The summed E-state index contributed by atoms with van der Waals surface area (Å²) >= 11 is 0. The lowest BCUT2D eigenvalue weighted by atomic mass is 9.86. The molecule has 4 heteroatoms. The molecule has 0 aromatic heterocycles. The van der Waals surface area contributed by atoms with Gasteiger partial charge in [-0.3, -0.25) is 0 Å². The highest BCUT2D eigenvalue weighted by Crippen LogP contribution is 2.39. The van der Waals surface area contributed by atoms with Crippen molar-refractivity contribution in [2.75, 3.05) is 27.4 Å². The van der Waals surface area contributed by atoms with Gasteiger partial charge in [-0.15, -0.1) is 0 Å². The molecule has 1 aliphatic heterocycles. The molecule has 0 aliphatic carbocycles. The van der Waals surface area contributed by atoms with Gasteiger partial charge in [-0.05, 0) is 31.0 Å². The zero-order valence-electron chi connectivity index (χ0n) is 10.9. The van der Waals surface area contributed by atoms with E-state index < -0.39 is 5.60 Å². The molecule has 1 atom stereocenters. The molecule has 1 fully saturated rings. The minimum Gasteiger partial charge on any atom is -0.497 e. The molecule has 4 nitrogen and oxygen atoms in total.